The number of piperidine rings is 5. The number of pyridine rings is 3. The second kappa shape index (κ2) is 52.5. The number of nitrogens with zero attached hydrogens (tertiary/aromatic N) is 11. The summed E-state index contributed by atoms with van der Waals surface area (Å²) in [6.45, 7) is 16.7. The molecule has 28 heteroatoms. The Hall–Kier alpha value is -12.7. The van der Waals surface area contributed by atoms with Crippen LogP contribution in [0.5, 0.6) is 40.6 Å². The van der Waals surface area contributed by atoms with Crippen LogP contribution in [0.4, 0.5) is 28.4 Å². The first kappa shape index (κ1) is 111. The van der Waals surface area contributed by atoms with Crippen molar-refractivity contribution in [2.45, 2.75) is 245 Å². The molecular formula is C120H146Cl2N11O15-. The standard InChI is InChI=1S/3C25H29N3O3.C24H29NO2.C21H30ClNO4.ClH/c1-18-6-11-27-23(14-18)31-21-3-2-20(17-26)22(16-21)28-12-9-25(10-13-28)7-4-19(5-8-25)15-24(29)30;1-18-3-2-12-27-24(18)31-21-5-4-20(17-26)22(16-21)28-13-10-25(11-14-28)8-6-19(7-9-25)15-23(29)30;1-18-3-2-4-23(27-18)31-21-6-5-20(17-26)22(16-21)28-13-11-25(12-14-28)9-7-19(8-10-25)15-24(29)30;26-23(27)18-19-10-12-24(13-11-19)14-16-25(17-15-24)22-8-6-21(7-9-22)20-4-2-1-3-5-20;1-26-10-11-27-19-14-17(22)13-18(15-19)23-8-6-21(7-9-23)4-2-16(3-5-21)12-20(24)25;/h2-3,6,11,14,16,19H,4-5,7-10,12-13,15H2,1H3,(H,29,30);2-5,12,16,19H,6-11,13-15H2,1H3,(H,29,30);2-6,16,19H,7-15H2,1H3,(H,29,30);1-9,19H,10-18H2,(H,26,27);13-16H,2-12H2,1H3,(H,24,25);1H/p-1. The maximum Gasteiger partial charge on any atom is 0.303 e. The van der Waals surface area contributed by atoms with Crippen molar-refractivity contribution in [3.05, 3.63) is 221 Å². The number of aliphatic carboxylic acids is 5. The highest BCUT2D eigenvalue weighted by Crippen LogP contribution is 2.55. The maximum absolute atomic E-state index is 11.0. The molecule has 5 saturated carbocycles. The zero-order chi connectivity index (χ0) is 104. The van der Waals surface area contributed by atoms with Gasteiger partial charge in [-0.2, -0.15) is 15.8 Å². The number of methoxy groups -OCH3 is 1. The summed E-state index contributed by atoms with van der Waals surface area (Å²) < 4.78 is 28.7. The molecule has 6 aromatic carbocycles. The lowest BCUT2D eigenvalue weighted by molar-refractivity contribution is -0.139. The Morgan fingerprint density at radius 3 is 1.08 bits per heavy atom. The normalized spacial score (nSPS) is 19.3. The van der Waals surface area contributed by atoms with Gasteiger partial charge in [0.25, 0.3) is 0 Å². The number of nitriles is 3. The van der Waals surface area contributed by atoms with Gasteiger partial charge < -0.3 is 86.1 Å². The van der Waals surface area contributed by atoms with Crippen molar-refractivity contribution in [2.24, 2.45) is 56.7 Å². The van der Waals surface area contributed by atoms with E-state index in [2.05, 4.69) is 118 Å². The van der Waals surface area contributed by atoms with Crippen molar-refractivity contribution < 1.29 is 85.6 Å². The summed E-state index contributed by atoms with van der Waals surface area (Å²) in [5, 5.41) is 74.8. The Kier molecular flexibility index (Phi) is 39.4. The molecule has 0 atom stereocenters. The number of hydrogen-bond acceptors (Lipinski definition) is 21. The van der Waals surface area contributed by atoms with E-state index in [4.69, 9.17) is 60.8 Å². The molecule has 5 aliphatic heterocycles. The van der Waals surface area contributed by atoms with Crippen molar-refractivity contribution in [1.29, 1.82) is 15.8 Å². The minimum atomic E-state index is -0.678. The highest BCUT2D eigenvalue weighted by atomic mass is 35.5. The third-order valence-corrected chi connectivity index (χ3v) is 34.3. The summed E-state index contributed by atoms with van der Waals surface area (Å²) in [5.41, 5.74) is 14.5. The number of ether oxygens (including phenoxy) is 5. The summed E-state index contributed by atoms with van der Waals surface area (Å²) in [4.78, 5) is 79.7. The first-order valence-electron chi connectivity index (χ1n) is 53.4. The summed E-state index contributed by atoms with van der Waals surface area (Å²) in [5.74, 6) is 2.93. The zero-order valence-corrected chi connectivity index (χ0v) is 87.9. The van der Waals surface area contributed by atoms with E-state index in [9.17, 15) is 39.8 Å². The zero-order valence-electron chi connectivity index (χ0n) is 86.4. The van der Waals surface area contributed by atoms with Crippen LogP contribution in [0.15, 0.2) is 182 Å². The van der Waals surface area contributed by atoms with E-state index in [1.165, 1.54) is 68.2 Å². The summed E-state index contributed by atoms with van der Waals surface area (Å²) in [6.07, 6.45) is 38.2. The number of carbonyl (C=O) groups is 5. The fourth-order valence-corrected chi connectivity index (χ4v) is 25.0. The van der Waals surface area contributed by atoms with Crippen molar-refractivity contribution >= 4 is 69.9 Å². The smallest absolute Gasteiger partial charge is 0.303 e. The lowest BCUT2D eigenvalue weighted by Gasteiger charge is -2.46. The average molecular weight is 2050 g/mol. The molecule has 0 unspecified atom stereocenters. The van der Waals surface area contributed by atoms with Crippen LogP contribution in [0.3, 0.4) is 0 Å². The Morgan fingerprint density at radius 1 is 0.358 bits per heavy atom. The molecule has 5 N–H and O–H groups in total. The first-order chi connectivity index (χ1) is 71.0. The summed E-state index contributed by atoms with van der Waals surface area (Å²) >= 11 is 6.30. The largest absolute Gasteiger partial charge is 1.00 e. The van der Waals surface area contributed by atoms with Gasteiger partial charge in [0.05, 0.1) is 40.4 Å². The van der Waals surface area contributed by atoms with Crippen LogP contribution < -0.4 is 55.9 Å². The van der Waals surface area contributed by atoms with Crippen molar-refractivity contribution in [1.82, 2.24) is 15.0 Å². The molecular weight excluding hydrogens is 1910 g/mol. The van der Waals surface area contributed by atoms with Gasteiger partial charge in [0.2, 0.25) is 17.6 Å². The van der Waals surface area contributed by atoms with Crippen molar-refractivity contribution in [3.8, 4) is 70.0 Å². The molecule has 5 spiro atoms. The first-order valence-corrected chi connectivity index (χ1v) is 53.8. The molecule has 0 amide bonds. The molecule has 19 rings (SSSR count). The van der Waals surface area contributed by atoms with E-state index < -0.39 is 29.8 Å². The van der Waals surface area contributed by atoms with E-state index in [0.29, 0.717) is 159 Å². The van der Waals surface area contributed by atoms with Crippen LogP contribution >= 0.6 is 11.6 Å². The third-order valence-electron chi connectivity index (χ3n) is 34.0. The number of anilines is 5. The van der Waals surface area contributed by atoms with Gasteiger partial charge in [-0.05, 0) is 366 Å². The molecule has 0 bridgehead atoms. The van der Waals surface area contributed by atoms with Crippen LogP contribution in [0, 0.1) is 111 Å². The highest BCUT2D eigenvalue weighted by Gasteiger charge is 2.45. The molecule has 9 aromatic rings. The second-order valence-electron chi connectivity index (χ2n) is 43.6. The number of halogens is 2. The van der Waals surface area contributed by atoms with Crippen LogP contribution in [0.1, 0.15) is 258 Å². The minimum absolute atomic E-state index is 0. The van der Waals surface area contributed by atoms with Gasteiger partial charge in [0.15, 0.2) is 0 Å². The van der Waals surface area contributed by atoms with E-state index in [1.807, 2.05) is 130 Å². The Labute approximate surface area is 883 Å². The van der Waals surface area contributed by atoms with Crippen molar-refractivity contribution in [3.63, 3.8) is 0 Å². The molecule has 10 fully saturated rings. The predicted molar refractivity (Wildman–Crippen MR) is 572 cm³/mol. The van der Waals surface area contributed by atoms with E-state index in [0.717, 1.165) is 252 Å². The monoisotopic (exact) mass is 2050 g/mol. The minimum Gasteiger partial charge on any atom is -1.00 e. The fraction of sp³-hybridized carbons (Fsp3) is 0.508. The van der Waals surface area contributed by atoms with Gasteiger partial charge in [-0.15, -0.1) is 0 Å². The van der Waals surface area contributed by atoms with Gasteiger partial charge in [-0.1, -0.05) is 66.2 Å². The average Bonchev–Trinajstić information content (AvgIpc) is 0.817. The Balaban J connectivity index is 0.000000146. The Morgan fingerprint density at radius 2 is 0.723 bits per heavy atom. The van der Waals surface area contributed by atoms with E-state index >= 15 is 0 Å². The lowest BCUT2D eigenvalue weighted by Crippen LogP contribution is -3.00. The number of benzene rings is 6. The number of carboxylic acid groups (broad SMARTS) is 5. The number of aryl methyl sites for hydroxylation is 3. The third kappa shape index (κ3) is 31.0. The van der Waals surface area contributed by atoms with Crippen molar-refractivity contribution in [2.75, 3.05) is 110 Å². The summed E-state index contributed by atoms with van der Waals surface area (Å²) in [6, 6.07) is 62.5. The van der Waals surface area contributed by atoms with E-state index in [1.54, 1.807) is 19.5 Å². The Bertz CT molecular complexity index is 5860. The number of hydrogen-bond donors (Lipinski definition) is 5. The number of rotatable bonds is 26. The number of carboxylic acids is 5. The second-order valence-corrected chi connectivity index (χ2v) is 44.1. The number of aromatic nitrogens is 3. The molecule has 148 heavy (non-hydrogen) atoms. The molecule has 5 saturated heterocycles. The molecule has 10 aliphatic rings. The molecule has 0 radical (unpaired) electrons. The lowest BCUT2D eigenvalue weighted by atomic mass is 9.65. The quantitative estimate of drug-likeness (QED) is 0.0314. The summed E-state index contributed by atoms with van der Waals surface area (Å²) in [7, 11) is 1.66. The van der Waals surface area contributed by atoms with Gasteiger partial charge in [-0.3, -0.25) is 24.0 Å². The van der Waals surface area contributed by atoms with E-state index in [-0.39, 0.29) is 12.4 Å². The predicted octanol–water partition coefficient (Wildman–Crippen LogP) is 23.1. The van der Waals surface area contributed by atoms with Crippen LogP contribution in [-0.4, -0.2) is 156 Å². The fourth-order valence-electron chi connectivity index (χ4n) is 24.8. The molecule has 5 aliphatic carbocycles. The van der Waals surface area contributed by atoms with Gasteiger partial charge >= 0.3 is 29.8 Å². The SMILES string of the molecule is COCCOc1cc(Cl)cc(N2CCC3(CCC(CC(=O)O)CC3)CC2)c1.Cc1cccc(Oc2ccc(C#N)c(N3CCC4(CCC(CC(=O)O)CC4)CC3)c2)n1.Cc1cccnc1Oc1ccc(C#N)c(N2CCC3(CCC(CC(=O)O)CC3)CC2)c1.Cc1ccnc(Oc2ccc(C#N)c(N3CCC4(CCC(CC(=O)O)CC4)CC3)c2)c1.O=C(O)CC1CCC2(CC1)CCN(c1ccc(-c3ccccc3)cc1)CC2.[Cl-]. The molecule has 3 aromatic heterocycles. The topological polar surface area (TPSA) is 359 Å². The van der Waals surface area contributed by atoms with Gasteiger partial charge in [-0.25, -0.2) is 15.0 Å². The molecule has 8 heterocycles. The molecule has 786 valence electrons. The van der Waals surface area contributed by atoms with Gasteiger partial charge in [0.1, 0.15) is 47.8 Å². The highest BCUT2D eigenvalue weighted by molar-refractivity contribution is 6.31. The maximum atomic E-state index is 11.0. The van der Waals surface area contributed by atoms with Crippen LogP contribution in [0.25, 0.3) is 11.1 Å². The molecule has 26 nitrogen and oxygen atoms in total. The van der Waals surface area contributed by atoms with Gasteiger partial charge in [0, 0.05) is 181 Å². The van der Waals surface area contributed by atoms with Crippen LogP contribution in [0.2, 0.25) is 5.02 Å². The van der Waals surface area contributed by atoms with Crippen LogP contribution in [-0.2, 0) is 28.7 Å².